The van der Waals surface area contributed by atoms with Gasteiger partial charge in [0.05, 0.1) is 51.1 Å². The molecule has 13 heteroatoms. The maximum absolute atomic E-state index is 13.8. The van der Waals surface area contributed by atoms with Crippen LogP contribution >= 0.6 is 0 Å². The Bertz CT molecular complexity index is 1720. The number of rotatable bonds is 1. The summed E-state index contributed by atoms with van der Waals surface area (Å²) >= 11 is 0. The van der Waals surface area contributed by atoms with Crippen molar-refractivity contribution in [1.29, 1.82) is 36.8 Å². The molecule has 7 nitrogen and oxygen atoms in total. The molecule has 0 bridgehead atoms. The fraction of sp³-hybridized carbons (Fsp3) is 0.0870. The van der Waals surface area contributed by atoms with Gasteiger partial charge < -0.3 is 0 Å². The van der Waals surface area contributed by atoms with E-state index in [1.807, 2.05) is 0 Å². The highest BCUT2D eigenvalue weighted by Gasteiger charge is 2.44. The standard InChI is InChI=1S/C23H3F6N7/c24-22(25,26)20-3-16(18(9-35)21(19(20)10-36)23(27,28)29)17(8-34)15-2-11(4-30)14(1-12(15)5-31)13(6-32)7-33/h1-3H/b17-15-. The fourth-order valence-corrected chi connectivity index (χ4v) is 3.23. The molecule has 2 aromatic rings. The Balaban J connectivity index is 3.42. The van der Waals surface area contributed by atoms with Gasteiger partial charge in [-0.3, -0.25) is 0 Å². The number of nitrogens with zero attached hydrogens (tertiary/aromatic N) is 7. The van der Waals surface area contributed by atoms with Crippen molar-refractivity contribution in [2.24, 2.45) is 0 Å². The molecule has 0 amide bonds. The molecular formula is C23H3F6N7. The van der Waals surface area contributed by atoms with E-state index in [-0.39, 0.29) is 11.3 Å². The van der Waals surface area contributed by atoms with Crippen LogP contribution < -0.4 is 10.4 Å². The lowest BCUT2D eigenvalue weighted by Gasteiger charge is -2.19. The largest absolute Gasteiger partial charge is 0.419 e. The number of benzene rings is 2. The Hall–Kier alpha value is -5.81. The fourth-order valence-electron chi connectivity index (χ4n) is 3.23. The lowest BCUT2D eigenvalue weighted by molar-refractivity contribution is -0.143. The summed E-state index contributed by atoms with van der Waals surface area (Å²) in [4.78, 5) is 0. The molecule has 36 heavy (non-hydrogen) atoms. The number of hydrogen-bond acceptors (Lipinski definition) is 7. The minimum atomic E-state index is -5.63. The molecule has 0 saturated heterocycles. The first-order valence-electron chi connectivity index (χ1n) is 8.93. The third kappa shape index (κ3) is 4.48. The van der Waals surface area contributed by atoms with E-state index in [1.165, 1.54) is 24.3 Å². The average molecular weight is 491 g/mol. The van der Waals surface area contributed by atoms with E-state index in [2.05, 4.69) is 0 Å². The highest BCUT2D eigenvalue weighted by Crippen LogP contribution is 2.43. The van der Waals surface area contributed by atoms with Crippen LogP contribution in [0.15, 0.2) is 18.2 Å². The van der Waals surface area contributed by atoms with Gasteiger partial charge >= 0.3 is 12.4 Å². The first-order valence-corrected chi connectivity index (χ1v) is 8.93. The molecule has 0 saturated carbocycles. The normalized spacial score (nSPS) is 11.3. The van der Waals surface area contributed by atoms with E-state index in [4.69, 9.17) is 15.8 Å². The molecule has 2 rings (SSSR count). The van der Waals surface area contributed by atoms with E-state index in [0.717, 1.165) is 24.3 Å². The number of nitriles is 7. The first kappa shape index (κ1) is 26.4. The lowest BCUT2D eigenvalue weighted by atomic mass is 9.87. The zero-order valence-electron chi connectivity index (χ0n) is 17.1. The number of halogens is 6. The zero-order valence-corrected chi connectivity index (χ0v) is 17.1. The summed E-state index contributed by atoms with van der Waals surface area (Å²) in [7, 11) is 0. The smallest absolute Gasteiger partial charge is 0.192 e. The molecule has 172 valence electrons. The van der Waals surface area contributed by atoms with Crippen LogP contribution in [-0.2, 0) is 12.4 Å². The van der Waals surface area contributed by atoms with Gasteiger partial charge in [0.25, 0.3) is 0 Å². The second-order valence-corrected chi connectivity index (χ2v) is 6.57. The third-order valence-electron chi connectivity index (χ3n) is 4.68. The van der Waals surface area contributed by atoms with E-state index in [1.54, 1.807) is 6.07 Å². The summed E-state index contributed by atoms with van der Waals surface area (Å²) in [6.07, 6.45) is -11.1. The predicted octanol–water partition coefficient (Wildman–Crippen LogP) is 3.13. The molecule has 0 N–H and O–H groups in total. The molecule has 0 aromatic heterocycles. The van der Waals surface area contributed by atoms with Crippen LogP contribution in [0.1, 0.15) is 38.9 Å². The second kappa shape index (κ2) is 9.59. The van der Waals surface area contributed by atoms with Gasteiger partial charge in [-0.1, -0.05) is 0 Å². The van der Waals surface area contributed by atoms with Crippen molar-refractivity contribution >= 4 is 11.1 Å². The summed E-state index contributed by atoms with van der Waals surface area (Å²) in [5, 5.41) is 64.2. The molecule has 0 spiro atoms. The highest BCUT2D eigenvalue weighted by atomic mass is 19.4. The lowest BCUT2D eigenvalue weighted by Crippen LogP contribution is -2.23. The second-order valence-electron chi connectivity index (χ2n) is 6.57. The summed E-state index contributed by atoms with van der Waals surface area (Å²) in [6.45, 7) is 0. The Labute approximate surface area is 197 Å². The molecular weight excluding hydrogens is 488 g/mol. The summed E-state index contributed by atoms with van der Waals surface area (Å²) < 4.78 is 82.2. The Morgan fingerprint density at radius 2 is 1.08 bits per heavy atom. The Kier molecular flexibility index (Phi) is 7.04. The molecule has 0 fully saturated rings. The summed E-state index contributed by atoms with van der Waals surface area (Å²) in [6, 6.07) is 10.8. The van der Waals surface area contributed by atoms with E-state index in [9.17, 15) is 47.4 Å². The zero-order chi connectivity index (χ0) is 27.4. The molecule has 0 unspecified atom stereocenters. The highest BCUT2D eigenvalue weighted by molar-refractivity contribution is 5.84. The van der Waals surface area contributed by atoms with Crippen LogP contribution in [-0.4, -0.2) is 0 Å². The van der Waals surface area contributed by atoms with E-state index >= 15 is 0 Å². The van der Waals surface area contributed by atoms with Gasteiger partial charge in [-0.25, -0.2) is 0 Å². The van der Waals surface area contributed by atoms with Crippen molar-refractivity contribution in [3.63, 3.8) is 0 Å². The molecule has 0 aliphatic carbocycles. The summed E-state index contributed by atoms with van der Waals surface area (Å²) in [5.41, 5.74) is -11.7. The number of hydrogen-bond donors (Lipinski definition) is 0. The topological polar surface area (TPSA) is 167 Å². The summed E-state index contributed by atoms with van der Waals surface area (Å²) in [5.74, 6) is 0. The SMILES string of the molecule is N#CC(C#N)=c1cc(C#N)/c(=C(/C#N)c2cc(C(F)(F)F)c(C#N)c(C(F)(F)F)c2C#N)cc1C#N. The van der Waals surface area contributed by atoms with Crippen LogP contribution in [0.2, 0.25) is 0 Å². The van der Waals surface area contributed by atoms with Crippen molar-refractivity contribution < 1.29 is 26.3 Å². The van der Waals surface area contributed by atoms with Crippen molar-refractivity contribution in [1.82, 2.24) is 0 Å². The molecule has 0 atom stereocenters. The van der Waals surface area contributed by atoms with E-state index in [0.29, 0.717) is 0 Å². The van der Waals surface area contributed by atoms with Gasteiger partial charge in [0.15, 0.2) is 0 Å². The van der Waals surface area contributed by atoms with E-state index < -0.39 is 67.7 Å². The molecule has 0 aliphatic rings. The van der Waals surface area contributed by atoms with Crippen LogP contribution in [0.25, 0.3) is 11.1 Å². The third-order valence-corrected chi connectivity index (χ3v) is 4.68. The maximum Gasteiger partial charge on any atom is 0.419 e. The monoisotopic (exact) mass is 491 g/mol. The predicted molar refractivity (Wildman–Crippen MR) is 104 cm³/mol. The van der Waals surface area contributed by atoms with Crippen LogP contribution in [0.3, 0.4) is 0 Å². The first-order chi connectivity index (χ1) is 16.8. The van der Waals surface area contributed by atoms with Crippen LogP contribution in [0.5, 0.6) is 0 Å². The molecule has 0 aliphatic heterocycles. The molecule has 2 aromatic carbocycles. The quantitative estimate of drug-likeness (QED) is 0.552. The minimum Gasteiger partial charge on any atom is -0.192 e. The Morgan fingerprint density at radius 3 is 1.47 bits per heavy atom. The maximum atomic E-state index is 13.8. The van der Waals surface area contributed by atoms with Crippen molar-refractivity contribution in [3.05, 3.63) is 67.6 Å². The van der Waals surface area contributed by atoms with Crippen LogP contribution in [0, 0.1) is 79.3 Å². The van der Waals surface area contributed by atoms with Gasteiger partial charge in [0, 0.05) is 16.0 Å². The minimum absolute atomic E-state index is 0.00806. The van der Waals surface area contributed by atoms with Gasteiger partial charge in [-0.05, 0) is 18.2 Å². The van der Waals surface area contributed by atoms with Gasteiger partial charge in [-0.15, -0.1) is 0 Å². The van der Waals surface area contributed by atoms with Crippen molar-refractivity contribution in [2.75, 3.05) is 0 Å². The van der Waals surface area contributed by atoms with Gasteiger partial charge in [-0.2, -0.15) is 63.2 Å². The number of alkyl halides is 6. The average Bonchev–Trinajstić information content (AvgIpc) is 2.83. The van der Waals surface area contributed by atoms with Gasteiger partial charge in [0.1, 0.15) is 35.9 Å². The van der Waals surface area contributed by atoms with Crippen molar-refractivity contribution in [2.45, 2.75) is 12.4 Å². The van der Waals surface area contributed by atoms with Crippen LogP contribution in [0.4, 0.5) is 26.3 Å². The van der Waals surface area contributed by atoms with Crippen molar-refractivity contribution in [3.8, 4) is 42.5 Å². The Morgan fingerprint density at radius 1 is 0.583 bits per heavy atom. The van der Waals surface area contributed by atoms with Gasteiger partial charge in [0.2, 0.25) is 0 Å². The molecule has 0 radical (unpaired) electrons. The molecule has 0 heterocycles.